The fourth-order valence-corrected chi connectivity index (χ4v) is 3.24. The Morgan fingerprint density at radius 2 is 1.78 bits per heavy atom. The van der Waals surface area contributed by atoms with Crippen LogP contribution >= 0.6 is 0 Å². The summed E-state index contributed by atoms with van der Waals surface area (Å²) in [6.07, 6.45) is 1.15. The van der Waals surface area contributed by atoms with E-state index in [9.17, 15) is 0 Å². The van der Waals surface area contributed by atoms with Crippen LogP contribution < -0.4 is 10.6 Å². The number of guanidine groups is 1. The number of hydrogen-bond acceptors (Lipinski definition) is 2. The van der Waals surface area contributed by atoms with Crippen molar-refractivity contribution < 1.29 is 0 Å². The van der Waals surface area contributed by atoms with Crippen LogP contribution in [0.2, 0.25) is 0 Å². The van der Waals surface area contributed by atoms with Gasteiger partial charge < -0.3 is 10.6 Å². The molecule has 0 saturated heterocycles. The maximum absolute atomic E-state index is 4.81. The highest BCUT2D eigenvalue weighted by Crippen LogP contribution is 2.23. The van der Waals surface area contributed by atoms with Gasteiger partial charge in [0.2, 0.25) is 0 Å². The van der Waals surface area contributed by atoms with Crippen molar-refractivity contribution in [3.05, 3.63) is 35.4 Å². The highest BCUT2D eigenvalue weighted by atomic mass is 15.2. The number of fused-ring (bicyclic) bond motifs is 1. The van der Waals surface area contributed by atoms with E-state index in [4.69, 9.17) is 4.99 Å². The van der Waals surface area contributed by atoms with Gasteiger partial charge in [0.1, 0.15) is 0 Å². The topological polar surface area (TPSA) is 39.7 Å². The third-order valence-corrected chi connectivity index (χ3v) is 4.52. The van der Waals surface area contributed by atoms with Crippen LogP contribution in [-0.4, -0.2) is 43.1 Å². The van der Waals surface area contributed by atoms with Gasteiger partial charge in [0.15, 0.2) is 5.96 Å². The molecule has 2 rings (SSSR count). The maximum Gasteiger partial charge on any atom is 0.191 e. The molecule has 4 heteroatoms. The number of nitrogens with zero attached hydrogens (tertiary/aromatic N) is 2. The van der Waals surface area contributed by atoms with E-state index in [2.05, 4.69) is 67.5 Å². The highest BCUT2D eigenvalue weighted by molar-refractivity contribution is 5.79. The molecule has 1 aromatic rings. The molecule has 2 N–H and O–H groups in total. The quantitative estimate of drug-likeness (QED) is 0.626. The van der Waals surface area contributed by atoms with Crippen LogP contribution in [0.15, 0.2) is 29.3 Å². The third kappa shape index (κ3) is 4.96. The highest BCUT2D eigenvalue weighted by Gasteiger charge is 2.25. The van der Waals surface area contributed by atoms with Crippen LogP contribution in [0.1, 0.15) is 38.8 Å². The summed E-state index contributed by atoms with van der Waals surface area (Å²) in [5.74, 6) is 1.52. The first kappa shape index (κ1) is 17.8. The second kappa shape index (κ2) is 8.92. The first-order chi connectivity index (χ1) is 11.2. The van der Waals surface area contributed by atoms with Crippen molar-refractivity contribution in [3.63, 3.8) is 0 Å². The zero-order valence-corrected chi connectivity index (χ0v) is 15.1. The lowest BCUT2D eigenvalue weighted by Gasteiger charge is -2.37. The molecular formula is C19H32N4. The molecule has 0 amide bonds. The second-order valence-corrected chi connectivity index (χ2v) is 6.55. The molecule has 1 heterocycles. The molecule has 23 heavy (non-hydrogen) atoms. The normalized spacial score (nSPS) is 15.9. The predicted octanol–water partition coefficient (Wildman–Crippen LogP) is 2.64. The molecule has 128 valence electrons. The van der Waals surface area contributed by atoms with Crippen LogP contribution in [0.4, 0.5) is 0 Å². The van der Waals surface area contributed by atoms with E-state index in [0.29, 0.717) is 12.0 Å². The Morgan fingerprint density at radius 3 is 2.39 bits per heavy atom. The Labute approximate surface area is 141 Å². The molecule has 0 radical (unpaired) electrons. The molecule has 1 unspecified atom stereocenters. The summed E-state index contributed by atoms with van der Waals surface area (Å²) in [5.41, 5.74) is 2.99. The first-order valence-corrected chi connectivity index (χ1v) is 8.98. The zero-order valence-electron chi connectivity index (χ0n) is 15.1. The van der Waals surface area contributed by atoms with Crippen LogP contribution in [-0.2, 0) is 13.0 Å². The van der Waals surface area contributed by atoms with E-state index in [1.54, 1.807) is 0 Å². The molecule has 0 aliphatic carbocycles. The van der Waals surface area contributed by atoms with Gasteiger partial charge in [-0.25, -0.2) is 0 Å². The summed E-state index contributed by atoms with van der Waals surface area (Å²) in [5, 5.41) is 6.63. The lowest BCUT2D eigenvalue weighted by molar-refractivity contribution is 0.144. The summed E-state index contributed by atoms with van der Waals surface area (Å²) in [6.45, 7) is 13.6. The molecule has 1 aromatic carbocycles. The Morgan fingerprint density at radius 1 is 1.13 bits per heavy atom. The average Bonchev–Trinajstić information content (AvgIpc) is 2.55. The van der Waals surface area contributed by atoms with Gasteiger partial charge in [-0.3, -0.25) is 9.89 Å². The van der Waals surface area contributed by atoms with Gasteiger partial charge in [0.25, 0.3) is 0 Å². The number of rotatable bonds is 6. The number of benzene rings is 1. The SMILES string of the molecule is CCNC(=NCC(C(C)C)N1CCc2ccccc2C1)NCC. The minimum Gasteiger partial charge on any atom is -0.357 e. The molecule has 0 fully saturated rings. The summed E-state index contributed by atoms with van der Waals surface area (Å²) < 4.78 is 0. The van der Waals surface area contributed by atoms with E-state index in [0.717, 1.165) is 45.1 Å². The molecule has 0 saturated carbocycles. The summed E-state index contributed by atoms with van der Waals surface area (Å²) in [4.78, 5) is 7.41. The lowest BCUT2D eigenvalue weighted by atomic mass is 9.95. The van der Waals surface area contributed by atoms with Crippen molar-refractivity contribution in [2.45, 2.75) is 46.7 Å². The van der Waals surface area contributed by atoms with Crippen LogP contribution in [0.25, 0.3) is 0 Å². The fourth-order valence-electron chi connectivity index (χ4n) is 3.24. The number of aliphatic imine (C=N–C) groups is 1. The second-order valence-electron chi connectivity index (χ2n) is 6.55. The molecule has 1 aliphatic rings. The minimum atomic E-state index is 0.482. The van der Waals surface area contributed by atoms with Crippen molar-refractivity contribution >= 4 is 5.96 Å². The molecule has 0 spiro atoms. The van der Waals surface area contributed by atoms with Gasteiger partial charge in [0, 0.05) is 32.2 Å². The third-order valence-electron chi connectivity index (χ3n) is 4.52. The molecule has 0 aromatic heterocycles. The Hall–Kier alpha value is -1.55. The molecular weight excluding hydrogens is 284 g/mol. The largest absolute Gasteiger partial charge is 0.357 e. The Bertz CT molecular complexity index is 502. The Balaban J connectivity index is 2.06. The van der Waals surface area contributed by atoms with Crippen LogP contribution in [0.3, 0.4) is 0 Å². The van der Waals surface area contributed by atoms with Gasteiger partial charge in [-0.05, 0) is 37.3 Å². The van der Waals surface area contributed by atoms with Crippen molar-refractivity contribution in [2.75, 3.05) is 26.2 Å². The maximum atomic E-state index is 4.81. The first-order valence-electron chi connectivity index (χ1n) is 8.98. The lowest BCUT2D eigenvalue weighted by Crippen LogP contribution is -2.45. The van der Waals surface area contributed by atoms with E-state index in [1.807, 2.05) is 0 Å². The van der Waals surface area contributed by atoms with Crippen molar-refractivity contribution in [3.8, 4) is 0 Å². The summed E-state index contributed by atoms with van der Waals surface area (Å²) in [6, 6.07) is 9.32. The van der Waals surface area contributed by atoms with Crippen molar-refractivity contribution in [2.24, 2.45) is 10.9 Å². The minimum absolute atomic E-state index is 0.482. The number of nitrogens with one attached hydrogen (secondary N) is 2. The van der Waals surface area contributed by atoms with Gasteiger partial charge in [-0.15, -0.1) is 0 Å². The van der Waals surface area contributed by atoms with Crippen LogP contribution in [0.5, 0.6) is 0 Å². The predicted molar refractivity (Wildman–Crippen MR) is 98.8 cm³/mol. The van der Waals surface area contributed by atoms with Crippen LogP contribution in [0, 0.1) is 5.92 Å². The number of hydrogen-bond donors (Lipinski definition) is 2. The van der Waals surface area contributed by atoms with Gasteiger partial charge in [-0.1, -0.05) is 38.1 Å². The van der Waals surface area contributed by atoms with Gasteiger partial charge in [0.05, 0.1) is 6.54 Å². The molecule has 1 atom stereocenters. The monoisotopic (exact) mass is 316 g/mol. The molecule has 0 bridgehead atoms. The zero-order chi connectivity index (χ0) is 16.7. The van der Waals surface area contributed by atoms with E-state index >= 15 is 0 Å². The summed E-state index contributed by atoms with van der Waals surface area (Å²) >= 11 is 0. The van der Waals surface area contributed by atoms with Gasteiger partial charge >= 0.3 is 0 Å². The van der Waals surface area contributed by atoms with Crippen molar-refractivity contribution in [1.82, 2.24) is 15.5 Å². The van der Waals surface area contributed by atoms with E-state index in [1.165, 1.54) is 11.1 Å². The van der Waals surface area contributed by atoms with Gasteiger partial charge in [-0.2, -0.15) is 0 Å². The molecule has 1 aliphatic heterocycles. The fraction of sp³-hybridized carbons (Fsp3) is 0.632. The Kier molecular flexibility index (Phi) is 6.90. The average molecular weight is 316 g/mol. The summed E-state index contributed by atoms with van der Waals surface area (Å²) in [7, 11) is 0. The van der Waals surface area contributed by atoms with Crippen molar-refractivity contribution in [1.29, 1.82) is 0 Å². The molecule has 4 nitrogen and oxygen atoms in total. The standard InChI is InChI=1S/C19H32N4/c1-5-20-19(21-6-2)22-13-18(15(3)4)23-12-11-16-9-7-8-10-17(16)14-23/h7-10,15,18H,5-6,11-14H2,1-4H3,(H2,20,21,22). The smallest absolute Gasteiger partial charge is 0.191 e. The van der Waals surface area contributed by atoms with E-state index < -0.39 is 0 Å². The van der Waals surface area contributed by atoms with E-state index in [-0.39, 0.29) is 0 Å².